The molecule has 0 unspecified atom stereocenters. The summed E-state index contributed by atoms with van der Waals surface area (Å²) < 4.78 is 5.59. The Kier molecular flexibility index (Phi) is 6.04. The summed E-state index contributed by atoms with van der Waals surface area (Å²) in [6.45, 7) is 3.08. The van der Waals surface area contributed by atoms with Gasteiger partial charge < -0.3 is 19.4 Å². The molecule has 2 amide bonds. The zero-order chi connectivity index (χ0) is 22.0. The Morgan fingerprint density at radius 2 is 1.77 bits per heavy atom. The van der Waals surface area contributed by atoms with Gasteiger partial charge in [0.15, 0.2) is 0 Å². The van der Waals surface area contributed by atoms with E-state index in [1.54, 1.807) is 30.1 Å². The van der Waals surface area contributed by atoms with E-state index in [1.165, 1.54) is 4.90 Å². The number of cyclic esters (lactones) is 1. The fraction of sp³-hybridized carbons (Fsp3) is 0.375. The lowest BCUT2D eigenvalue weighted by Gasteiger charge is -2.33. The number of benzene rings is 2. The maximum Gasteiger partial charge on any atom is 0.339 e. The first-order valence-corrected chi connectivity index (χ1v) is 10.5. The molecule has 2 aliphatic heterocycles. The molecule has 1 atom stereocenters. The molecule has 0 bridgehead atoms. The molecule has 31 heavy (non-hydrogen) atoms. The highest BCUT2D eigenvalue weighted by Gasteiger charge is 2.29. The Labute approximate surface area is 182 Å². The molecule has 162 valence electrons. The second-order valence-corrected chi connectivity index (χ2v) is 8.23. The average Bonchev–Trinajstić information content (AvgIpc) is 2.79. The Morgan fingerprint density at radius 3 is 2.48 bits per heavy atom. The lowest BCUT2D eigenvalue weighted by atomic mass is 9.93. The predicted molar refractivity (Wildman–Crippen MR) is 116 cm³/mol. The predicted octanol–water partition coefficient (Wildman–Crippen LogP) is 1.99. The smallest absolute Gasteiger partial charge is 0.339 e. The molecule has 2 heterocycles. The number of carbonyl (C=O) groups excluding carboxylic acids is 3. The van der Waals surface area contributed by atoms with E-state index in [9.17, 15) is 14.4 Å². The van der Waals surface area contributed by atoms with Gasteiger partial charge in [0, 0.05) is 45.2 Å². The lowest BCUT2D eigenvalue weighted by molar-refractivity contribution is -0.133. The summed E-state index contributed by atoms with van der Waals surface area (Å²) in [6, 6.07) is 14.6. The van der Waals surface area contributed by atoms with Gasteiger partial charge in [0.2, 0.25) is 5.91 Å². The molecule has 2 aromatic rings. The highest BCUT2D eigenvalue weighted by Crippen LogP contribution is 2.31. The summed E-state index contributed by atoms with van der Waals surface area (Å²) in [7, 11) is 3.67. The number of nitrogens with zero attached hydrogens (tertiary/aromatic N) is 3. The highest BCUT2D eigenvalue weighted by atomic mass is 16.5. The van der Waals surface area contributed by atoms with Crippen molar-refractivity contribution in [1.82, 2.24) is 14.7 Å². The van der Waals surface area contributed by atoms with Gasteiger partial charge >= 0.3 is 5.97 Å². The Morgan fingerprint density at radius 1 is 1.06 bits per heavy atom. The Hall–Kier alpha value is -3.19. The number of carbonyl (C=O) groups is 3. The molecule has 1 saturated heterocycles. The number of esters is 1. The molecule has 2 aliphatic rings. The monoisotopic (exact) mass is 421 g/mol. The van der Waals surface area contributed by atoms with Gasteiger partial charge in [-0.05, 0) is 36.4 Å². The molecule has 0 N–H and O–H groups in total. The molecule has 0 saturated carbocycles. The van der Waals surface area contributed by atoms with Crippen LogP contribution >= 0.6 is 0 Å². The Bertz CT molecular complexity index is 984. The van der Waals surface area contributed by atoms with E-state index in [-0.39, 0.29) is 30.4 Å². The number of hydrogen-bond acceptors (Lipinski definition) is 5. The van der Waals surface area contributed by atoms with Crippen LogP contribution in [0.1, 0.15) is 37.9 Å². The molecule has 7 heteroatoms. The fourth-order valence-electron chi connectivity index (χ4n) is 4.03. The van der Waals surface area contributed by atoms with E-state index >= 15 is 0 Å². The van der Waals surface area contributed by atoms with E-state index in [2.05, 4.69) is 4.90 Å². The van der Waals surface area contributed by atoms with Crippen molar-refractivity contribution < 1.29 is 19.1 Å². The molecule has 1 fully saturated rings. The third-order valence-electron chi connectivity index (χ3n) is 5.97. The topological polar surface area (TPSA) is 70.2 Å². The van der Waals surface area contributed by atoms with Gasteiger partial charge in [-0.3, -0.25) is 9.59 Å². The van der Waals surface area contributed by atoms with Crippen LogP contribution in [0.5, 0.6) is 0 Å². The van der Waals surface area contributed by atoms with Gasteiger partial charge in [-0.25, -0.2) is 4.79 Å². The standard InChI is InChI=1S/C24H27N3O4/c1-25-10-12-27(13-11-25)22(28)16-26(2)23(29)18-8-9-20-19(14-18)15-21(31-24(20)30)17-6-4-3-5-7-17/h3-9,14,21H,10-13,15-16H2,1-2H3/t21-/m0/s1. The lowest BCUT2D eigenvalue weighted by Crippen LogP contribution is -2.50. The van der Waals surface area contributed by atoms with Crippen molar-refractivity contribution in [2.75, 3.05) is 46.8 Å². The minimum absolute atomic E-state index is 0.0360. The van der Waals surface area contributed by atoms with Crippen molar-refractivity contribution in [3.63, 3.8) is 0 Å². The largest absolute Gasteiger partial charge is 0.454 e. The van der Waals surface area contributed by atoms with Gasteiger partial charge in [-0.15, -0.1) is 0 Å². The summed E-state index contributed by atoms with van der Waals surface area (Å²) in [6.07, 6.45) is 0.138. The minimum Gasteiger partial charge on any atom is -0.454 e. The van der Waals surface area contributed by atoms with E-state index in [0.29, 0.717) is 30.6 Å². The van der Waals surface area contributed by atoms with E-state index < -0.39 is 0 Å². The maximum atomic E-state index is 13.0. The number of ether oxygens (including phenoxy) is 1. The summed E-state index contributed by atoms with van der Waals surface area (Å²) in [4.78, 5) is 43.4. The van der Waals surface area contributed by atoms with Crippen LogP contribution in [0.25, 0.3) is 0 Å². The second kappa shape index (κ2) is 8.89. The van der Waals surface area contributed by atoms with Crippen molar-refractivity contribution in [2.45, 2.75) is 12.5 Å². The van der Waals surface area contributed by atoms with Crippen LogP contribution in [0, 0.1) is 0 Å². The first-order chi connectivity index (χ1) is 14.9. The maximum absolute atomic E-state index is 13.0. The highest BCUT2D eigenvalue weighted by molar-refractivity contribution is 5.99. The van der Waals surface area contributed by atoms with Crippen molar-refractivity contribution in [1.29, 1.82) is 0 Å². The third-order valence-corrected chi connectivity index (χ3v) is 5.97. The first kappa shape index (κ1) is 21.1. The molecule has 4 rings (SSSR count). The fourth-order valence-corrected chi connectivity index (χ4v) is 4.03. The zero-order valence-electron chi connectivity index (χ0n) is 17.9. The van der Waals surface area contributed by atoms with Gasteiger partial charge in [-0.2, -0.15) is 0 Å². The van der Waals surface area contributed by atoms with Gasteiger partial charge in [0.05, 0.1) is 12.1 Å². The van der Waals surface area contributed by atoms with E-state index in [0.717, 1.165) is 24.2 Å². The van der Waals surface area contributed by atoms with Crippen LogP contribution < -0.4 is 0 Å². The van der Waals surface area contributed by atoms with Crippen molar-refractivity contribution >= 4 is 17.8 Å². The normalized spacial score (nSPS) is 18.8. The molecular formula is C24H27N3O4. The summed E-state index contributed by atoms with van der Waals surface area (Å²) in [5.74, 6) is -0.664. The molecule has 7 nitrogen and oxygen atoms in total. The van der Waals surface area contributed by atoms with Crippen molar-refractivity contribution in [3.05, 3.63) is 70.8 Å². The summed E-state index contributed by atoms with van der Waals surface area (Å²) >= 11 is 0. The quantitative estimate of drug-likeness (QED) is 0.706. The third kappa shape index (κ3) is 4.61. The molecule has 2 aromatic carbocycles. The molecular weight excluding hydrogens is 394 g/mol. The van der Waals surface area contributed by atoms with Gasteiger partial charge in [0.1, 0.15) is 6.10 Å². The number of rotatable bonds is 4. The van der Waals surface area contributed by atoms with Crippen molar-refractivity contribution in [2.24, 2.45) is 0 Å². The van der Waals surface area contributed by atoms with Crippen molar-refractivity contribution in [3.8, 4) is 0 Å². The first-order valence-electron chi connectivity index (χ1n) is 10.5. The number of amides is 2. The van der Waals surface area contributed by atoms with E-state index in [4.69, 9.17) is 4.74 Å². The Balaban J connectivity index is 1.46. The minimum atomic E-state index is -0.382. The molecule has 0 spiro atoms. The number of hydrogen-bond donors (Lipinski definition) is 0. The van der Waals surface area contributed by atoms with E-state index in [1.807, 2.05) is 37.4 Å². The summed E-state index contributed by atoms with van der Waals surface area (Å²) in [5, 5.41) is 0. The van der Waals surface area contributed by atoms with Crippen LogP contribution in [0.3, 0.4) is 0 Å². The van der Waals surface area contributed by atoms with Gasteiger partial charge in [0.25, 0.3) is 5.91 Å². The molecule has 0 aromatic heterocycles. The molecule has 0 aliphatic carbocycles. The second-order valence-electron chi connectivity index (χ2n) is 8.23. The molecule has 0 radical (unpaired) electrons. The number of piperazine rings is 1. The van der Waals surface area contributed by atoms with Crippen LogP contribution in [0.2, 0.25) is 0 Å². The van der Waals surface area contributed by atoms with Crippen LogP contribution in [0.15, 0.2) is 48.5 Å². The number of fused-ring (bicyclic) bond motifs is 1. The zero-order valence-corrected chi connectivity index (χ0v) is 17.9. The van der Waals surface area contributed by atoms with Crippen LogP contribution in [0.4, 0.5) is 0 Å². The van der Waals surface area contributed by atoms with Crippen LogP contribution in [-0.2, 0) is 16.0 Å². The van der Waals surface area contributed by atoms with Gasteiger partial charge in [-0.1, -0.05) is 30.3 Å². The SMILES string of the molecule is CN1CCN(C(=O)CN(C)C(=O)c2ccc3c(c2)C[C@@H](c2ccccc2)OC3=O)CC1. The van der Waals surface area contributed by atoms with Crippen LogP contribution in [-0.4, -0.2) is 79.3 Å². The number of likely N-dealkylation sites (N-methyl/N-ethyl adjacent to an activating group) is 2. The summed E-state index contributed by atoms with van der Waals surface area (Å²) in [5.41, 5.74) is 2.66. The average molecular weight is 421 g/mol.